The number of hydrogen-bond acceptors (Lipinski definition) is 4. The molecule has 0 saturated carbocycles. The number of nitrogen functional groups attached to an aromatic ring is 1. The number of anilines is 2. The number of aryl methyl sites for hydroxylation is 2. The van der Waals surface area contributed by atoms with Crippen LogP contribution in [0.3, 0.4) is 0 Å². The van der Waals surface area contributed by atoms with Gasteiger partial charge < -0.3 is 26.0 Å². The van der Waals surface area contributed by atoms with Gasteiger partial charge in [-0.1, -0.05) is 59.6 Å². The molecule has 172 valence electrons. The normalized spacial score (nSPS) is 11.6. The van der Waals surface area contributed by atoms with Crippen molar-refractivity contribution in [2.45, 2.75) is 32.9 Å². The summed E-state index contributed by atoms with van der Waals surface area (Å²) in [6.45, 7) is 3.84. The maximum Gasteiger partial charge on any atom is 0.319 e. The highest BCUT2D eigenvalue weighted by molar-refractivity contribution is 6.31. The Balaban J connectivity index is 1.86. The molecule has 2 amide bonds. The van der Waals surface area contributed by atoms with E-state index < -0.39 is 23.6 Å². The first-order valence-electron chi connectivity index (χ1n) is 10.2. The summed E-state index contributed by atoms with van der Waals surface area (Å²) in [6.07, 6.45) is -0.323. The fraction of sp³-hybridized carbons (Fsp3) is 0.208. The predicted molar refractivity (Wildman–Crippen MR) is 129 cm³/mol. The van der Waals surface area contributed by atoms with E-state index in [4.69, 9.17) is 17.3 Å². The van der Waals surface area contributed by atoms with Crippen LogP contribution < -0.4 is 21.9 Å². The molecular weight excluding hydrogens is 444 g/mol. The molecule has 0 aliphatic heterocycles. The maximum absolute atomic E-state index is 13.1. The van der Waals surface area contributed by atoms with Crippen LogP contribution in [0.4, 0.5) is 16.2 Å². The predicted octanol–water partition coefficient (Wildman–Crippen LogP) is 4.09. The number of carboxylic acids is 1. The van der Waals surface area contributed by atoms with E-state index in [9.17, 15) is 19.5 Å². The molecule has 0 aliphatic carbocycles. The fourth-order valence-electron chi connectivity index (χ4n) is 3.45. The van der Waals surface area contributed by atoms with Crippen LogP contribution in [0.25, 0.3) is 0 Å². The largest absolute Gasteiger partial charge is 0.481 e. The summed E-state index contributed by atoms with van der Waals surface area (Å²) in [6, 6.07) is 14.4. The van der Waals surface area contributed by atoms with Gasteiger partial charge in [0, 0.05) is 10.7 Å². The number of carboxylic acid groups (broad SMARTS) is 1. The SMILES string of the molecule is Cc1ccc([C@@H](CC(=O)O)NC(=O)Nc2c(N)cc(C)n(Cc3ccccc3Cl)c2=O)cc1. The van der Waals surface area contributed by atoms with Crippen LogP contribution in [0.15, 0.2) is 59.4 Å². The molecule has 9 heteroatoms. The molecule has 1 atom stereocenters. The van der Waals surface area contributed by atoms with Crippen LogP contribution in [-0.4, -0.2) is 21.7 Å². The lowest BCUT2D eigenvalue weighted by molar-refractivity contribution is -0.137. The molecular formula is C24H25ClN4O4. The first-order chi connectivity index (χ1) is 15.7. The van der Waals surface area contributed by atoms with Gasteiger partial charge in [-0.3, -0.25) is 9.59 Å². The summed E-state index contributed by atoms with van der Waals surface area (Å²) in [4.78, 5) is 37.2. The van der Waals surface area contributed by atoms with Crippen molar-refractivity contribution in [2.24, 2.45) is 0 Å². The van der Waals surface area contributed by atoms with Gasteiger partial charge in [0.15, 0.2) is 0 Å². The molecule has 1 aromatic heterocycles. The molecule has 1 heterocycles. The highest BCUT2D eigenvalue weighted by Gasteiger charge is 2.20. The third-order valence-corrected chi connectivity index (χ3v) is 5.60. The topological polar surface area (TPSA) is 126 Å². The molecule has 0 unspecified atom stereocenters. The fourth-order valence-corrected chi connectivity index (χ4v) is 3.64. The van der Waals surface area contributed by atoms with Crippen LogP contribution in [0.2, 0.25) is 5.02 Å². The van der Waals surface area contributed by atoms with Crippen molar-refractivity contribution in [1.82, 2.24) is 9.88 Å². The van der Waals surface area contributed by atoms with Crippen molar-refractivity contribution in [1.29, 1.82) is 0 Å². The second-order valence-corrected chi connectivity index (χ2v) is 8.17. The smallest absolute Gasteiger partial charge is 0.319 e. The first-order valence-corrected chi connectivity index (χ1v) is 10.6. The number of nitrogens with two attached hydrogens (primary N) is 1. The molecule has 0 aliphatic rings. The standard InChI is InChI=1S/C24H25ClN4O4/c1-14-7-9-16(10-8-14)20(12-21(30)31)27-24(33)28-22-19(26)11-15(2)29(23(22)32)13-17-5-3-4-6-18(17)25/h3-11,20H,12-13,26H2,1-2H3,(H,30,31)(H2,27,28,33)/t20-/m1/s1. The average molecular weight is 469 g/mol. The van der Waals surface area contributed by atoms with Crippen LogP contribution >= 0.6 is 11.6 Å². The zero-order valence-electron chi connectivity index (χ0n) is 18.3. The van der Waals surface area contributed by atoms with E-state index >= 15 is 0 Å². The lowest BCUT2D eigenvalue weighted by Gasteiger charge is -2.19. The van der Waals surface area contributed by atoms with Crippen LogP contribution in [-0.2, 0) is 11.3 Å². The van der Waals surface area contributed by atoms with Gasteiger partial charge in [-0.15, -0.1) is 0 Å². The number of hydrogen-bond donors (Lipinski definition) is 4. The Hall–Kier alpha value is -3.78. The zero-order chi connectivity index (χ0) is 24.1. The minimum Gasteiger partial charge on any atom is -0.481 e. The monoisotopic (exact) mass is 468 g/mol. The third-order valence-electron chi connectivity index (χ3n) is 5.23. The number of carbonyl (C=O) groups excluding carboxylic acids is 1. The number of carbonyl (C=O) groups is 2. The van der Waals surface area contributed by atoms with E-state index in [1.54, 1.807) is 37.3 Å². The van der Waals surface area contributed by atoms with Gasteiger partial charge in [0.25, 0.3) is 5.56 Å². The highest BCUT2D eigenvalue weighted by atomic mass is 35.5. The Morgan fingerprint density at radius 1 is 1.12 bits per heavy atom. The number of amides is 2. The summed E-state index contributed by atoms with van der Waals surface area (Å²) < 4.78 is 1.46. The Morgan fingerprint density at radius 3 is 2.42 bits per heavy atom. The minimum atomic E-state index is -1.07. The molecule has 8 nitrogen and oxygen atoms in total. The maximum atomic E-state index is 13.1. The third kappa shape index (κ3) is 5.93. The Bertz CT molecular complexity index is 1240. The van der Waals surface area contributed by atoms with Gasteiger partial charge in [-0.05, 0) is 37.1 Å². The number of benzene rings is 2. The van der Waals surface area contributed by atoms with E-state index in [0.717, 1.165) is 11.1 Å². The molecule has 0 bridgehead atoms. The van der Waals surface area contributed by atoms with E-state index in [2.05, 4.69) is 10.6 Å². The van der Waals surface area contributed by atoms with Crippen LogP contribution in [0.5, 0.6) is 0 Å². The van der Waals surface area contributed by atoms with E-state index in [-0.39, 0.29) is 24.3 Å². The van der Waals surface area contributed by atoms with Gasteiger partial charge in [0.05, 0.1) is 24.7 Å². The quantitative estimate of drug-likeness (QED) is 0.415. The molecule has 0 radical (unpaired) electrons. The molecule has 5 N–H and O–H groups in total. The van der Waals surface area contributed by atoms with E-state index in [0.29, 0.717) is 16.3 Å². The van der Waals surface area contributed by atoms with Crippen molar-refractivity contribution in [3.05, 3.63) is 92.4 Å². The molecule has 0 spiro atoms. The number of rotatable bonds is 7. The Kier molecular flexibility index (Phi) is 7.40. The molecule has 33 heavy (non-hydrogen) atoms. The van der Waals surface area contributed by atoms with Crippen molar-refractivity contribution in [3.8, 4) is 0 Å². The summed E-state index contributed by atoms with van der Waals surface area (Å²) in [5, 5.41) is 14.9. The molecule has 2 aromatic carbocycles. The number of nitrogens with one attached hydrogen (secondary N) is 2. The number of aromatic nitrogens is 1. The van der Waals surface area contributed by atoms with Crippen LogP contribution in [0, 0.1) is 13.8 Å². The second-order valence-electron chi connectivity index (χ2n) is 7.76. The van der Waals surface area contributed by atoms with Gasteiger partial charge in [0.1, 0.15) is 5.69 Å². The Morgan fingerprint density at radius 2 is 1.79 bits per heavy atom. The van der Waals surface area contributed by atoms with Gasteiger partial charge in [-0.2, -0.15) is 0 Å². The lowest BCUT2D eigenvalue weighted by atomic mass is 10.0. The van der Waals surface area contributed by atoms with E-state index in [1.807, 2.05) is 31.2 Å². The van der Waals surface area contributed by atoms with Gasteiger partial charge in [-0.25, -0.2) is 4.79 Å². The average Bonchev–Trinajstić information content (AvgIpc) is 2.75. The second kappa shape index (κ2) is 10.2. The number of aliphatic carboxylic acids is 1. The van der Waals surface area contributed by atoms with Gasteiger partial charge in [0.2, 0.25) is 0 Å². The minimum absolute atomic E-state index is 0.0943. The first kappa shape index (κ1) is 23.9. The highest BCUT2D eigenvalue weighted by Crippen LogP contribution is 2.21. The molecule has 0 fully saturated rings. The van der Waals surface area contributed by atoms with E-state index in [1.165, 1.54) is 4.57 Å². The summed E-state index contributed by atoms with van der Waals surface area (Å²) in [7, 11) is 0. The number of nitrogens with zero attached hydrogens (tertiary/aromatic N) is 1. The number of halogens is 1. The summed E-state index contributed by atoms with van der Waals surface area (Å²) >= 11 is 6.23. The van der Waals surface area contributed by atoms with Crippen molar-refractivity contribution in [3.63, 3.8) is 0 Å². The number of urea groups is 1. The molecule has 3 rings (SSSR count). The molecule has 0 saturated heterocycles. The number of pyridine rings is 1. The van der Waals surface area contributed by atoms with Crippen molar-refractivity contribution < 1.29 is 14.7 Å². The zero-order valence-corrected chi connectivity index (χ0v) is 19.0. The van der Waals surface area contributed by atoms with Crippen molar-refractivity contribution in [2.75, 3.05) is 11.1 Å². The van der Waals surface area contributed by atoms with Crippen molar-refractivity contribution >= 4 is 35.0 Å². The summed E-state index contributed by atoms with van der Waals surface area (Å²) in [5.41, 5.74) is 8.52. The van der Waals surface area contributed by atoms with Gasteiger partial charge >= 0.3 is 12.0 Å². The lowest BCUT2D eigenvalue weighted by Crippen LogP contribution is -2.37. The Labute approximate surface area is 196 Å². The molecule has 3 aromatic rings. The summed E-state index contributed by atoms with van der Waals surface area (Å²) in [5.74, 6) is -1.07. The van der Waals surface area contributed by atoms with Crippen LogP contribution in [0.1, 0.15) is 34.8 Å².